The molecule has 0 unspecified atom stereocenters. The van der Waals surface area contributed by atoms with Gasteiger partial charge in [-0.15, -0.1) is 0 Å². The predicted molar refractivity (Wildman–Crippen MR) is 113 cm³/mol. The molecule has 2 aromatic carbocycles. The lowest BCUT2D eigenvalue weighted by atomic mass is 9.98. The fourth-order valence-electron chi connectivity index (χ4n) is 3.92. The fraction of sp³-hybridized carbons (Fsp3) is 0.292. The number of benzene rings is 2. The third-order valence-electron chi connectivity index (χ3n) is 5.54. The van der Waals surface area contributed by atoms with E-state index in [0.29, 0.717) is 13.0 Å². The molecule has 7 heteroatoms. The van der Waals surface area contributed by atoms with E-state index in [1.807, 2.05) is 30.3 Å². The van der Waals surface area contributed by atoms with Crippen LogP contribution in [0.5, 0.6) is 5.88 Å². The molecule has 0 aliphatic carbocycles. The maximum absolute atomic E-state index is 12.7. The average molecular weight is 428 g/mol. The number of halogens is 3. The minimum atomic E-state index is -4.42. The molecule has 3 aromatic rings. The number of ether oxygens (including phenoxy) is 1. The maximum Gasteiger partial charge on any atom is 0.417 e. The third-order valence-corrected chi connectivity index (χ3v) is 5.54. The van der Waals surface area contributed by atoms with E-state index < -0.39 is 11.7 Å². The average Bonchev–Trinajstić information content (AvgIpc) is 3.21. The molecule has 0 bridgehead atoms. The number of hydrogen-bond donors (Lipinski definition) is 1. The van der Waals surface area contributed by atoms with Gasteiger partial charge in [0.1, 0.15) is 6.10 Å². The Morgan fingerprint density at radius 1 is 1.13 bits per heavy atom. The van der Waals surface area contributed by atoms with Crippen molar-refractivity contribution in [1.82, 2.24) is 4.98 Å². The molecule has 4 rings (SSSR count). The van der Waals surface area contributed by atoms with E-state index in [1.165, 1.54) is 6.07 Å². The highest BCUT2D eigenvalue weighted by Crippen LogP contribution is 2.33. The fourth-order valence-corrected chi connectivity index (χ4v) is 3.92. The molecular weight excluding hydrogens is 405 g/mol. The van der Waals surface area contributed by atoms with Gasteiger partial charge in [0, 0.05) is 36.5 Å². The zero-order valence-corrected chi connectivity index (χ0v) is 17.1. The number of aromatic nitrogens is 1. The molecule has 1 N–H and O–H groups in total. The SMILES string of the molecule is Cc1ccccc1-c1ccc(N2CC[C@H](Oc3ccc(C(F)(F)F)cn3)C2)c(CO)c1. The van der Waals surface area contributed by atoms with Gasteiger partial charge in [-0.05, 0) is 41.8 Å². The normalized spacial score (nSPS) is 16.5. The number of pyridine rings is 1. The molecule has 0 saturated carbocycles. The molecule has 4 nitrogen and oxygen atoms in total. The number of aryl methyl sites for hydroxylation is 1. The Morgan fingerprint density at radius 3 is 2.61 bits per heavy atom. The Bertz CT molecular complexity index is 1050. The number of anilines is 1. The minimum absolute atomic E-state index is 0.0858. The van der Waals surface area contributed by atoms with E-state index in [9.17, 15) is 18.3 Å². The Hall–Kier alpha value is -3.06. The summed E-state index contributed by atoms with van der Waals surface area (Å²) in [5.74, 6) is 0.178. The van der Waals surface area contributed by atoms with Crippen LogP contribution < -0.4 is 9.64 Å². The summed E-state index contributed by atoms with van der Waals surface area (Å²) in [7, 11) is 0. The molecule has 0 radical (unpaired) electrons. The first-order valence-corrected chi connectivity index (χ1v) is 10.1. The lowest BCUT2D eigenvalue weighted by molar-refractivity contribution is -0.137. The molecule has 0 amide bonds. The van der Waals surface area contributed by atoms with Crippen LogP contribution in [0.15, 0.2) is 60.8 Å². The highest BCUT2D eigenvalue weighted by Gasteiger charge is 2.31. The number of alkyl halides is 3. The Kier molecular flexibility index (Phi) is 5.87. The summed E-state index contributed by atoms with van der Waals surface area (Å²) in [5.41, 5.74) is 4.30. The van der Waals surface area contributed by atoms with Gasteiger partial charge in [0.15, 0.2) is 0 Å². The molecule has 1 aromatic heterocycles. The summed E-state index contributed by atoms with van der Waals surface area (Å²) >= 11 is 0. The summed E-state index contributed by atoms with van der Waals surface area (Å²) in [6.07, 6.45) is -3.10. The predicted octanol–water partition coefficient (Wildman–Crippen LogP) is 5.23. The van der Waals surface area contributed by atoms with Gasteiger partial charge in [-0.1, -0.05) is 30.3 Å². The summed E-state index contributed by atoms with van der Waals surface area (Å²) in [6.45, 7) is 3.26. The van der Waals surface area contributed by atoms with E-state index in [1.54, 1.807) is 0 Å². The Balaban J connectivity index is 1.47. The number of rotatable bonds is 5. The molecule has 2 heterocycles. The molecule has 0 spiro atoms. The van der Waals surface area contributed by atoms with Crippen molar-refractivity contribution in [3.8, 4) is 17.0 Å². The first-order chi connectivity index (χ1) is 14.8. The van der Waals surface area contributed by atoms with E-state index in [4.69, 9.17) is 4.74 Å². The second-order valence-corrected chi connectivity index (χ2v) is 7.67. The zero-order valence-electron chi connectivity index (χ0n) is 17.1. The van der Waals surface area contributed by atoms with Crippen molar-refractivity contribution >= 4 is 5.69 Å². The van der Waals surface area contributed by atoms with Crippen molar-refractivity contribution in [3.63, 3.8) is 0 Å². The Morgan fingerprint density at radius 2 is 1.94 bits per heavy atom. The van der Waals surface area contributed by atoms with Gasteiger partial charge in [-0.2, -0.15) is 13.2 Å². The van der Waals surface area contributed by atoms with Gasteiger partial charge in [0.25, 0.3) is 0 Å². The first-order valence-electron chi connectivity index (χ1n) is 10.1. The lowest BCUT2D eigenvalue weighted by Crippen LogP contribution is -2.25. The molecule has 1 aliphatic rings. The van der Waals surface area contributed by atoms with Crippen molar-refractivity contribution in [2.45, 2.75) is 32.2 Å². The van der Waals surface area contributed by atoms with Gasteiger partial charge < -0.3 is 14.7 Å². The van der Waals surface area contributed by atoms with Gasteiger partial charge >= 0.3 is 6.18 Å². The van der Waals surface area contributed by atoms with Crippen LogP contribution in [0.4, 0.5) is 18.9 Å². The second-order valence-electron chi connectivity index (χ2n) is 7.67. The van der Waals surface area contributed by atoms with Crippen LogP contribution in [0, 0.1) is 6.92 Å². The molecule has 31 heavy (non-hydrogen) atoms. The van der Waals surface area contributed by atoms with Crippen molar-refractivity contribution in [3.05, 3.63) is 77.5 Å². The van der Waals surface area contributed by atoms with Gasteiger partial charge in [0.2, 0.25) is 5.88 Å². The maximum atomic E-state index is 12.7. The highest BCUT2D eigenvalue weighted by atomic mass is 19.4. The van der Waals surface area contributed by atoms with E-state index >= 15 is 0 Å². The van der Waals surface area contributed by atoms with Crippen LogP contribution in [0.25, 0.3) is 11.1 Å². The van der Waals surface area contributed by atoms with Crippen molar-refractivity contribution in [2.75, 3.05) is 18.0 Å². The molecule has 1 saturated heterocycles. The summed E-state index contributed by atoms with van der Waals surface area (Å²) in [5, 5.41) is 9.95. The number of aliphatic hydroxyl groups excluding tert-OH is 1. The quantitative estimate of drug-likeness (QED) is 0.605. The molecule has 162 valence electrons. The molecular formula is C24H23F3N2O2. The van der Waals surface area contributed by atoms with Crippen molar-refractivity contribution < 1.29 is 23.0 Å². The van der Waals surface area contributed by atoms with Crippen LogP contribution >= 0.6 is 0 Å². The van der Waals surface area contributed by atoms with Crippen molar-refractivity contribution in [2.24, 2.45) is 0 Å². The monoisotopic (exact) mass is 428 g/mol. The zero-order chi connectivity index (χ0) is 22.0. The third kappa shape index (κ3) is 4.66. The first kappa shape index (κ1) is 21.2. The molecule has 1 atom stereocenters. The standard InChI is InChI=1S/C24H23F3N2O2/c1-16-4-2-3-5-21(16)17-6-8-22(18(12-17)15-30)29-11-10-20(14-29)31-23-9-7-19(13-28-23)24(25,26)27/h2-9,12-13,20,30H,10-11,14-15H2,1H3/t20-/m0/s1. The van der Waals surface area contributed by atoms with Gasteiger partial charge in [-0.3, -0.25) is 0 Å². The van der Waals surface area contributed by atoms with E-state index in [-0.39, 0.29) is 18.6 Å². The van der Waals surface area contributed by atoms with Crippen molar-refractivity contribution in [1.29, 1.82) is 0 Å². The summed E-state index contributed by atoms with van der Waals surface area (Å²) in [4.78, 5) is 5.92. The van der Waals surface area contributed by atoms with Crippen LogP contribution in [0.1, 0.15) is 23.1 Å². The smallest absolute Gasteiger partial charge is 0.417 e. The molecule has 1 fully saturated rings. The van der Waals surface area contributed by atoms with Gasteiger partial charge in [0.05, 0.1) is 18.7 Å². The second kappa shape index (κ2) is 8.59. The number of nitrogens with zero attached hydrogens (tertiary/aromatic N) is 2. The molecule has 1 aliphatic heterocycles. The largest absolute Gasteiger partial charge is 0.472 e. The number of hydrogen-bond acceptors (Lipinski definition) is 4. The van der Waals surface area contributed by atoms with Crippen LogP contribution in [-0.4, -0.2) is 29.3 Å². The van der Waals surface area contributed by atoms with Crippen LogP contribution in [0.3, 0.4) is 0 Å². The number of aliphatic hydroxyl groups is 1. The lowest BCUT2D eigenvalue weighted by Gasteiger charge is -2.22. The Labute approximate surface area is 178 Å². The summed E-state index contributed by atoms with van der Waals surface area (Å²) in [6, 6.07) is 16.4. The minimum Gasteiger partial charge on any atom is -0.472 e. The van der Waals surface area contributed by atoms with E-state index in [2.05, 4.69) is 28.9 Å². The van der Waals surface area contributed by atoms with Gasteiger partial charge in [-0.25, -0.2) is 4.98 Å². The van der Waals surface area contributed by atoms with E-state index in [0.717, 1.165) is 46.7 Å². The highest BCUT2D eigenvalue weighted by molar-refractivity contribution is 5.71. The topological polar surface area (TPSA) is 45.6 Å². The summed E-state index contributed by atoms with van der Waals surface area (Å²) < 4.78 is 43.9. The van der Waals surface area contributed by atoms with Crippen LogP contribution in [-0.2, 0) is 12.8 Å². The van der Waals surface area contributed by atoms with Crippen LogP contribution in [0.2, 0.25) is 0 Å².